The van der Waals surface area contributed by atoms with Crippen molar-refractivity contribution >= 4 is 146 Å². The van der Waals surface area contributed by atoms with Crippen LogP contribution >= 0.6 is 70.4 Å². The molecule has 5 aromatic rings. The summed E-state index contributed by atoms with van der Waals surface area (Å²) < 4.78 is 40.4. The molecule has 4 aromatic heterocycles. The molecule has 0 spiro atoms. The number of Topliss-reactive ketones (excluding diaryl/α,β-unsaturated/α-hetero) is 2. The van der Waals surface area contributed by atoms with Gasteiger partial charge in [-0.25, -0.2) is 29.7 Å². The molecule has 12 rings (SSSR count). The van der Waals surface area contributed by atoms with Crippen molar-refractivity contribution in [2.45, 2.75) is 254 Å². The maximum Gasteiger partial charge on any atom is 0.329 e. The van der Waals surface area contributed by atoms with Gasteiger partial charge >= 0.3 is 29.3 Å². The van der Waals surface area contributed by atoms with Crippen LogP contribution in [0.5, 0.6) is 0 Å². The fraction of sp³-hybridized carbons (Fsp3) is 0.623. The second kappa shape index (κ2) is 50.2. The number of nitrogens with two attached hydrogens (primary N) is 1. The van der Waals surface area contributed by atoms with Crippen molar-refractivity contribution in [1.82, 2.24) is 45.2 Å². The Labute approximate surface area is 718 Å². The molecule has 1 amide bonds. The number of nitro groups is 2. The van der Waals surface area contributed by atoms with E-state index in [4.69, 9.17) is 92.2 Å². The average molecular weight is 1770 g/mol. The van der Waals surface area contributed by atoms with Gasteiger partial charge in [-0.05, 0) is 215 Å². The number of hydrogen-bond donors (Lipinski definition) is 2. The minimum Gasteiger partial charge on any atom is -0.468 e. The summed E-state index contributed by atoms with van der Waals surface area (Å²) >= 11 is 28.6. The number of esters is 3. The molecule has 5 saturated carbocycles. The van der Waals surface area contributed by atoms with Crippen LogP contribution in [0.4, 0.5) is 40.2 Å². The lowest BCUT2D eigenvalue weighted by molar-refractivity contribution is -0.385. The minimum atomic E-state index is -0.751. The van der Waals surface area contributed by atoms with E-state index in [0.29, 0.717) is 78.2 Å². The molecule has 5 atom stereocenters. The van der Waals surface area contributed by atoms with E-state index in [2.05, 4.69) is 70.5 Å². The number of anilines is 5. The van der Waals surface area contributed by atoms with Gasteiger partial charge in [0.2, 0.25) is 32.1 Å². The third-order valence-corrected chi connectivity index (χ3v) is 22.3. The molecule has 2 aliphatic heterocycles. The fourth-order valence-electron chi connectivity index (χ4n) is 14.8. The number of fused-ring (bicyclic) bond motifs is 2. The first-order valence-electron chi connectivity index (χ1n) is 38.5. The van der Waals surface area contributed by atoms with Crippen LogP contribution in [0, 0.1) is 31.6 Å². The summed E-state index contributed by atoms with van der Waals surface area (Å²) in [5, 5.41) is 34.0. The molecule has 6 heterocycles. The number of amides is 1. The molecule has 0 saturated heterocycles. The largest absolute Gasteiger partial charge is 0.468 e. The molecule has 5 fully saturated rings. The number of nitrogens with one attached hydrogen (secondary N) is 1. The van der Waals surface area contributed by atoms with Crippen molar-refractivity contribution in [1.29, 1.82) is 5.26 Å². The number of nitrogens with zero attached hydrogens (tertiary/aromatic N) is 15. The van der Waals surface area contributed by atoms with E-state index in [1.807, 2.05) is 26.8 Å². The van der Waals surface area contributed by atoms with E-state index in [1.165, 1.54) is 21.3 Å². The lowest BCUT2D eigenvalue weighted by atomic mass is 9.88. The molecule has 650 valence electrons. The number of aromatic nitrogens is 8. The predicted molar refractivity (Wildman–Crippen MR) is 445 cm³/mol. The summed E-state index contributed by atoms with van der Waals surface area (Å²) in [5.41, 5.74) is 7.00. The Bertz CT molecular complexity index is 4140. The highest BCUT2D eigenvalue weighted by Gasteiger charge is 2.44. The lowest BCUT2D eigenvalue weighted by Gasteiger charge is -2.46. The van der Waals surface area contributed by atoms with Gasteiger partial charge in [-0.1, -0.05) is 17.7 Å². The number of rotatable bonds is 18. The highest BCUT2D eigenvalue weighted by molar-refractivity contribution is 6.33. The van der Waals surface area contributed by atoms with Crippen LogP contribution in [0.25, 0.3) is 0 Å². The summed E-state index contributed by atoms with van der Waals surface area (Å²) in [6.07, 6.45) is 25.5. The van der Waals surface area contributed by atoms with E-state index in [1.54, 1.807) is 89.8 Å². The maximum atomic E-state index is 13.4. The number of nitriles is 1. The number of methoxy groups -OCH3 is 8. The molecular weight excluding hydrogens is 1660 g/mol. The number of carbonyl (C=O) groups is 6. The SMILES string of the molecule is COC(=O)[C@@H](C)N.COC(=O)[C@@H](C)N(c1nc(Cl)ncc1[N+](=O)[O-])C1CCC(OC)CC1.COC(=O)[C@@H](C)NC1CCC(OC)CC1.COC1CCC(=O)CC1.COC1CCC(N2c3nc(Cl)ncc3CC(=O)[C@H]2C)CC1.COC1CCC(N2c3nc(Cl)ncc3N(c3cccc(C#N)c3)C(=O)[C@H]2C)CC1.Cl.O=[N+]([O-])c1cnc(Cl)nc1Cl. The van der Waals surface area contributed by atoms with Crippen molar-refractivity contribution in [2.75, 3.05) is 76.5 Å². The van der Waals surface area contributed by atoms with E-state index in [-0.39, 0.29) is 116 Å². The first-order chi connectivity index (χ1) is 55.8. The Morgan fingerprint density at radius 3 is 1.48 bits per heavy atom. The van der Waals surface area contributed by atoms with Gasteiger partial charge in [0.25, 0.3) is 5.91 Å². The molecule has 0 unspecified atom stereocenters. The molecule has 5 aliphatic carbocycles. The van der Waals surface area contributed by atoms with Crippen molar-refractivity contribution in [3.05, 3.63) is 107 Å². The van der Waals surface area contributed by atoms with Crippen LogP contribution < -0.4 is 30.7 Å². The Balaban J connectivity index is 0.000000256. The summed E-state index contributed by atoms with van der Waals surface area (Å²) in [6.45, 7) is 8.91. The molecule has 7 aliphatic rings. The average Bonchev–Trinajstić information content (AvgIpc) is 0.751. The molecule has 0 bridgehead atoms. The van der Waals surface area contributed by atoms with Gasteiger partial charge in [-0.2, -0.15) is 20.2 Å². The Morgan fingerprint density at radius 1 is 0.576 bits per heavy atom. The first kappa shape index (κ1) is 100. The van der Waals surface area contributed by atoms with Crippen molar-refractivity contribution in [3.63, 3.8) is 0 Å². The van der Waals surface area contributed by atoms with Crippen LogP contribution in [-0.4, -0.2) is 227 Å². The van der Waals surface area contributed by atoms with Gasteiger partial charge in [-0.3, -0.25) is 49.1 Å². The zero-order chi connectivity index (χ0) is 86.3. The van der Waals surface area contributed by atoms with Crippen LogP contribution in [0.3, 0.4) is 0 Å². The molecule has 41 heteroatoms. The quantitative estimate of drug-likeness (QED) is 0.0205. The van der Waals surface area contributed by atoms with Gasteiger partial charge < -0.3 is 63.6 Å². The third kappa shape index (κ3) is 29.1. The lowest BCUT2D eigenvalue weighted by Crippen LogP contribution is -2.55. The van der Waals surface area contributed by atoms with Gasteiger partial charge in [-0.15, -0.1) is 12.4 Å². The first-order valence-corrected chi connectivity index (χ1v) is 40.4. The van der Waals surface area contributed by atoms with Crippen LogP contribution in [0.1, 0.15) is 174 Å². The van der Waals surface area contributed by atoms with Crippen LogP contribution in [0.2, 0.25) is 26.3 Å². The summed E-state index contributed by atoms with van der Waals surface area (Å²) in [5.74, 6) is 0.992. The van der Waals surface area contributed by atoms with Crippen LogP contribution in [0.15, 0.2) is 49.1 Å². The normalized spacial score (nSPS) is 22.7. The van der Waals surface area contributed by atoms with E-state index >= 15 is 0 Å². The van der Waals surface area contributed by atoms with Crippen molar-refractivity contribution < 1.29 is 76.5 Å². The molecule has 0 radical (unpaired) electrons. The molecule has 118 heavy (non-hydrogen) atoms. The van der Waals surface area contributed by atoms with E-state index in [9.17, 15) is 54.3 Å². The van der Waals surface area contributed by atoms with Gasteiger partial charge in [0.1, 0.15) is 53.8 Å². The molecule has 3 N–H and O–H groups in total. The highest BCUT2D eigenvalue weighted by Crippen LogP contribution is 2.44. The third-order valence-electron chi connectivity index (χ3n) is 21.3. The summed E-state index contributed by atoms with van der Waals surface area (Å²) in [4.78, 5) is 129. The van der Waals surface area contributed by atoms with E-state index < -0.39 is 33.9 Å². The number of hydrogen-bond acceptors (Lipinski definition) is 32. The fourth-order valence-corrected chi connectivity index (χ4v) is 15.6. The second-order valence-electron chi connectivity index (χ2n) is 28.7. The number of ketones is 2. The molecular formula is C77H107Cl6N17O18. The molecule has 35 nitrogen and oxygen atoms in total. The predicted octanol–water partition coefficient (Wildman–Crippen LogP) is 12.5. The van der Waals surface area contributed by atoms with Gasteiger partial charge in [0.05, 0.1) is 91.3 Å². The number of ether oxygens (including phenoxy) is 8. The second-order valence-corrected chi connectivity index (χ2v) is 30.4. The zero-order valence-corrected chi connectivity index (χ0v) is 73.1. The number of carbonyl (C=O) groups excluding carboxylic acids is 6. The van der Waals surface area contributed by atoms with Crippen molar-refractivity contribution in [3.8, 4) is 6.07 Å². The Hall–Kier alpha value is -8.09. The van der Waals surface area contributed by atoms with Gasteiger partial charge in [0, 0.05) is 90.7 Å². The van der Waals surface area contributed by atoms with Crippen molar-refractivity contribution in [2.24, 2.45) is 5.73 Å². The maximum absolute atomic E-state index is 13.4. The topological polar surface area (TPSA) is 440 Å². The monoisotopic (exact) mass is 1770 g/mol. The number of benzene rings is 1. The minimum absolute atomic E-state index is 0. The Kier molecular flexibility index (Phi) is 42.8. The van der Waals surface area contributed by atoms with Gasteiger partial charge in [0.15, 0.2) is 11.6 Å². The summed E-state index contributed by atoms with van der Waals surface area (Å²) in [7, 11) is 12.6. The summed E-state index contributed by atoms with van der Waals surface area (Å²) in [6, 6.07) is 7.89. The van der Waals surface area contributed by atoms with E-state index in [0.717, 1.165) is 139 Å². The Morgan fingerprint density at radius 2 is 1.02 bits per heavy atom. The zero-order valence-electron chi connectivity index (χ0n) is 68.5. The molecule has 1 aromatic carbocycles. The standard InChI is InChI=1S/C21H22ClN5O2.C15H21ClN4O5.C15H20ClN3O2.C11H21NO3.C7H12O2.C4HCl2N3O2.C4H9NO2.ClH/c1-13-20(28)27(16-5-3-4-14(10-16)11-23)18-12-24-21(22)25-19(18)26(13)15-6-8-17(29-2)9-7-15;1-9(14(21)25-3)19(10-4-6-11(24-2)7-5-10)13-12(20(22)23)8-17-15(16)18-13;1-9-13(20)7-10-8-17-15(16)18-14(10)19(9)11-3-5-12(21-2)6-4-11;1-8(11(13)15-3)12-9-4-6-10(14-2)7-5-9;1-9-7-4-2-6(8)3-5-7;5-3-2(9(10)11)1-7-4(6)8-3;1-3(5)4(6)7-2;/h3-5,10,12-13,15,17H,6-9H2,1-2H3;8-11H,4-7H2,1-3H3;8-9,11-12H,3-7H2,1-2H3;8-10,12H,4-7H2,1-3H3;7H,2-5H2,1H3;1H;3H,5H2,1-2H3;1H/t13-,15?,17?;9-,10?,11?;9-,11?,12?;8-,9?,10?;;;3-;/m1111..1./s1. The number of halogens is 6. The highest BCUT2D eigenvalue weighted by atomic mass is 35.5. The smallest absolute Gasteiger partial charge is 0.329 e. The van der Waals surface area contributed by atoms with Crippen LogP contribution in [-0.2, 0) is 73.1 Å².